The molecule has 2 aromatic rings. The van der Waals surface area contributed by atoms with E-state index in [0.717, 1.165) is 11.3 Å². The molecule has 6 heteroatoms. The molecular weight excluding hydrogens is 284 g/mol. The van der Waals surface area contributed by atoms with Crippen LogP contribution in [0.3, 0.4) is 0 Å². The second kappa shape index (κ2) is 7.33. The van der Waals surface area contributed by atoms with E-state index in [4.69, 9.17) is 14.7 Å². The maximum absolute atomic E-state index is 11.5. The highest BCUT2D eigenvalue weighted by Gasteiger charge is 2.09. The number of nitrogens with one attached hydrogen (secondary N) is 2. The minimum atomic E-state index is -0.577. The zero-order chi connectivity index (χ0) is 15.9. The minimum Gasteiger partial charge on any atom is -0.497 e. The topological polar surface area (TPSA) is 79.8 Å². The fourth-order valence-electron chi connectivity index (χ4n) is 2.03. The van der Waals surface area contributed by atoms with Crippen molar-refractivity contribution in [2.24, 2.45) is 0 Å². The summed E-state index contributed by atoms with van der Waals surface area (Å²) >= 11 is 0. The second-order valence-corrected chi connectivity index (χ2v) is 4.56. The van der Waals surface area contributed by atoms with Gasteiger partial charge in [0.15, 0.2) is 0 Å². The van der Waals surface area contributed by atoms with Gasteiger partial charge in [0.2, 0.25) is 0 Å². The summed E-state index contributed by atoms with van der Waals surface area (Å²) in [5, 5.41) is 11.9. The summed E-state index contributed by atoms with van der Waals surface area (Å²) < 4.78 is 10.4. The first kappa shape index (κ1) is 15.7. The monoisotopic (exact) mass is 302 g/mol. The zero-order valence-corrected chi connectivity index (χ0v) is 12.4. The van der Waals surface area contributed by atoms with Crippen molar-refractivity contribution in [3.8, 4) is 11.5 Å². The van der Waals surface area contributed by atoms with Crippen molar-refractivity contribution < 1.29 is 19.5 Å². The highest BCUT2D eigenvalue weighted by atomic mass is 16.5. The Morgan fingerprint density at radius 3 is 2.64 bits per heavy atom. The van der Waals surface area contributed by atoms with Crippen molar-refractivity contribution in [3.05, 3.63) is 53.6 Å². The fraction of sp³-hybridized carbons (Fsp3) is 0.188. The van der Waals surface area contributed by atoms with Gasteiger partial charge in [0.1, 0.15) is 11.5 Å². The van der Waals surface area contributed by atoms with Crippen LogP contribution in [0.5, 0.6) is 11.5 Å². The van der Waals surface area contributed by atoms with E-state index in [9.17, 15) is 4.79 Å². The standard InChI is InChI=1S/C16H18N2O4/c1-21-13-5-3-4-11(8-13)10-17-14-9-12(16(19)18-20)6-7-15(14)22-2/h3-9,17,20H,10H2,1-2H3,(H,18,19). The molecule has 0 aliphatic rings. The Morgan fingerprint density at radius 1 is 1.14 bits per heavy atom. The van der Waals surface area contributed by atoms with Crippen LogP contribution in [0.15, 0.2) is 42.5 Å². The van der Waals surface area contributed by atoms with Crippen LogP contribution in [-0.2, 0) is 6.54 Å². The number of hydrogen-bond donors (Lipinski definition) is 3. The lowest BCUT2D eigenvalue weighted by Crippen LogP contribution is -2.18. The van der Waals surface area contributed by atoms with E-state index in [2.05, 4.69) is 5.32 Å². The van der Waals surface area contributed by atoms with Gasteiger partial charge in [-0.2, -0.15) is 0 Å². The first-order valence-electron chi connectivity index (χ1n) is 6.67. The summed E-state index contributed by atoms with van der Waals surface area (Å²) in [6, 6.07) is 12.5. The van der Waals surface area contributed by atoms with Gasteiger partial charge in [0.25, 0.3) is 5.91 Å². The van der Waals surface area contributed by atoms with Gasteiger partial charge >= 0.3 is 0 Å². The molecule has 22 heavy (non-hydrogen) atoms. The summed E-state index contributed by atoms with van der Waals surface area (Å²) in [6.45, 7) is 0.539. The van der Waals surface area contributed by atoms with Crippen molar-refractivity contribution in [2.45, 2.75) is 6.54 Å². The number of ether oxygens (including phenoxy) is 2. The van der Waals surface area contributed by atoms with Crippen LogP contribution in [0.2, 0.25) is 0 Å². The summed E-state index contributed by atoms with van der Waals surface area (Å²) in [7, 11) is 3.17. The SMILES string of the molecule is COc1cccc(CNc2cc(C(=O)NO)ccc2OC)c1. The minimum absolute atomic E-state index is 0.330. The number of amides is 1. The molecule has 0 atom stereocenters. The molecule has 0 saturated heterocycles. The van der Waals surface area contributed by atoms with Crippen molar-refractivity contribution in [3.63, 3.8) is 0 Å². The van der Waals surface area contributed by atoms with Crippen molar-refractivity contribution in [1.29, 1.82) is 0 Å². The predicted octanol–water partition coefficient (Wildman–Crippen LogP) is 2.43. The third-order valence-corrected chi connectivity index (χ3v) is 3.18. The molecule has 0 aliphatic heterocycles. The molecule has 2 rings (SSSR count). The molecule has 0 unspecified atom stereocenters. The number of carbonyl (C=O) groups is 1. The van der Waals surface area contributed by atoms with Gasteiger partial charge in [-0.15, -0.1) is 0 Å². The van der Waals surface area contributed by atoms with E-state index < -0.39 is 5.91 Å². The summed E-state index contributed by atoms with van der Waals surface area (Å²) in [5.74, 6) is 0.809. The Bertz CT molecular complexity index is 658. The maximum atomic E-state index is 11.5. The van der Waals surface area contributed by atoms with Gasteiger partial charge in [0, 0.05) is 12.1 Å². The third kappa shape index (κ3) is 3.67. The normalized spacial score (nSPS) is 9.95. The molecule has 2 aromatic carbocycles. The lowest BCUT2D eigenvalue weighted by atomic mass is 10.1. The van der Waals surface area contributed by atoms with E-state index >= 15 is 0 Å². The molecule has 6 nitrogen and oxygen atoms in total. The third-order valence-electron chi connectivity index (χ3n) is 3.18. The van der Waals surface area contributed by atoms with Crippen LogP contribution in [0, 0.1) is 0 Å². The first-order valence-corrected chi connectivity index (χ1v) is 6.67. The van der Waals surface area contributed by atoms with Crippen LogP contribution >= 0.6 is 0 Å². The van der Waals surface area contributed by atoms with Crippen LogP contribution in [-0.4, -0.2) is 25.3 Å². The molecule has 0 aliphatic carbocycles. The Labute approximate surface area is 128 Å². The number of benzene rings is 2. The molecule has 0 bridgehead atoms. The highest BCUT2D eigenvalue weighted by molar-refractivity contribution is 5.94. The number of hydroxylamine groups is 1. The van der Waals surface area contributed by atoms with Crippen LogP contribution in [0.25, 0.3) is 0 Å². The number of rotatable bonds is 6. The Balaban J connectivity index is 2.18. The van der Waals surface area contributed by atoms with E-state index in [1.165, 1.54) is 0 Å². The molecule has 116 valence electrons. The summed E-state index contributed by atoms with van der Waals surface area (Å²) in [6.07, 6.45) is 0. The molecule has 3 N–H and O–H groups in total. The number of carbonyl (C=O) groups excluding carboxylic acids is 1. The molecular formula is C16H18N2O4. The average molecular weight is 302 g/mol. The highest BCUT2D eigenvalue weighted by Crippen LogP contribution is 2.26. The largest absolute Gasteiger partial charge is 0.497 e. The lowest BCUT2D eigenvalue weighted by molar-refractivity contribution is 0.0706. The maximum Gasteiger partial charge on any atom is 0.274 e. The molecule has 0 heterocycles. The number of anilines is 1. The van der Waals surface area contributed by atoms with Crippen LogP contribution in [0.4, 0.5) is 5.69 Å². The van der Waals surface area contributed by atoms with E-state index in [1.54, 1.807) is 37.9 Å². The molecule has 0 fully saturated rings. The molecule has 0 aromatic heterocycles. The molecule has 0 saturated carbocycles. The van der Waals surface area contributed by atoms with Crippen LogP contribution < -0.4 is 20.3 Å². The summed E-state index contributed by atoms with van der Waals surface area (Å²) in [5.41, 5.74) is 3.63. The van der Waals surface area contributed by atoms with Gasteiger partial charge in [-0.25, -0.2) is 5.48 Å². The fourth-order valence-corrected chi connectivity index (χ4v) is 2.03. The molecule has 0 radical (unpaired) electrons. The van der Waals surface area contributed by atoms with Crippen molar-refractivity contribution >= 4 is 11.6 Å². The van der Waals surface area contributed by atoms with Gasteiger partial charge < -0.3 is 14.8 Å². The Morgan fingerprint density at radius 2 is 1.95 bits per heavy atom. The second-order valence-electron chi connectivity index (χ2n) is 4.56. The van der Waals surface area contributed by atoms with Gasteiger partial charge in [-0.1, -0.05) is 12.1 Å². The van der Waals surface area contributed by atoms with Crippen LogP contribution in [0.1, 0.15) is 15.9 Å². The molecule has 0 spiro atoms. The van der Waals surface area contributed by atoms with Gasteiger partial charge in [-0.3, -0.25) is 10.0 Å². The van der Waals surface area contributed by atoms with E-state index in [1.807, 2.05) is 24.3 Å². The lowest BCUT2D eigenvalue weighted by Gasteiger charge is -2.13. The first-order chi connectivity index (χ1) is 10.7. The Kier molecular flexibility index (Phi) is 5.21. The molecule has 1 amide bonds. The smallest absolute Gasteiger partial charge is 0.274 e. The van der Waals surface area contributed by atoms with Gasteiger partial charge in [0.05, 0.1) is 19.9 Å². The number of hydrogen-bond acceptors (Lipinski definition) is 5. The van der Waals surface area contributed by atoms with E-state index in [-0.39, 0.29) is 0 Å². The number of methoxy groups -OCH3 is 2. The van der Waals surface area contributed by atoms with Crippen molar-refractivity contribution in [1.82, 2.24) is 5.48 Å². The van der Waals surface area contributed by atoms with Crippen molar-refractivity contribution in [2.75, 3.05) is 19.5 Å². The quantitative estimate of drug-likeness (QED) is 0.564. The average Bonchev–Trinajstić information content (AvgIpc) is 2.59. The van der Waals surface area contributed by atoms with Gasteiger partial charge in [-0.05, 0) is 35.9 Å². The predicted molar refractivity (Wildman–Crippen MR) is 82.6 cm³/mol. The van der Waals surface area contributed by atoms with E-state index in [0.29, 0.717) is 23.5 Å². The zero-order valence-electron chi connectivity index (χ0n) is 12.4. The summed E-state index contributed by atoms with van der Waals surface area (Å²) in [4.78, 5) is 11.5. The Hall–Kier alpha value is -2.73.